The van der Waals surface area contributed by atoms with Crippen molar-refractivity contribution in [1.82, 2.24) is 5.32 Å². The second kappa shape index (κ2) is 5.93. The molecule has 15 heavy (non-hydrogen) atoms. The standard InChI is InChI=1S/C11H12N2OS/c1-3-4-7-12-9(2)13-11(14)10-6-5-8-15-10/h3-8H,1H2,2H3,(H,12,13,14)/b7-4-. The molecule has 0 fully saturated rings. The number of amides is 1. The molecule has 4 heteroatoms. The van der Waals surface area contributed by atoms with Crippen LogP contribution < -0.4 is 5.32 Å². The van der Waals surface area contributed by atoms with Gasteiger partial charge in [0, 0.05) is 6.20 Å². The van der Waals surface area contributed by atoms with Gasteiger partial charge in [0.05, 0.1) is 4.88 Å². The van der Waals surface area contributed by atoms with E-state index in [1.165, 1.54) is 11.3 Å². The van der Waals surface area contributed by atoms with E-state index in [4.69, 9.17) is 0 Å². The molecule has 0 aliphatic rings. The number of carbonyl (C=O) groups excluding carboxylic acids is 1. The molecule has 1 heterocycles. The molecule has 1 amide bonds. The maximum Gasteiger partial charge on any atom is 0.266 e. The van der Waals surface area contributed by atoms with Crippen molar-refractivity contribution in [3.05, 3.63) is 47.3 Å². The molecule has 0 aliphatic carbocycles. The minimum absolute atomic E-state index is 0.127. The molecule has 1 aromatic heterocycles. The number of carbonyl (C=O) groups is 1. The second-order valence-corrected chi connectivity index (χ2v) is 3.67. The third kappa shape index (κ3) is 3.91. The predicted octanol–water partition coefficient (Wildman–Crippen LogP) is 2.60. The molecular weight excluding hydrogens is 208 g/mol. The number of allylic oxidation sites excluding steroid dienone is 2. The maximum absolute atomic E-state index is 11.5. The summed E-state index contributed by atoms with van der Waals surface area (Å²) in [4.78, 5) is 16.2. The number of aliphatic imine (C=N–C) groups is 1. The molecule has 1 N–H and O–H groups in total. The number of hydrogen-bond donors (Lipinski definition) is 1. The van der Waals surface area contributed by atoms with Crippen molar-refractivity contribution in [3.8, 4) is 0 Å². The fraction of sp³-hybridized carbons (Fsp3) is 0.0909. The molecule has 0 spiro atoms. The zero-order valence-corrected chi connectivity index (χ0v) is 9.25. The highest BCUT2D eigenvalue weighted by Crippen LogP contribution is 2.07. The molecule has 0 radical (unpaired) electrons. The van der Waals surface area contributed by atoms with Crippen molar-refractivity contribution in [2.45, 2.75) is 6.92 Å². The van der Waals surface area contributed by atoms with Crippen LogP contribution in [0.25, 0.3) is 0 Å². The summed E-state index contributed by atoms with van der Waals surface area (Å²) in [7, 11) is 0. The van der Waals surface area contributed by atoms with Gasteiger partial charge >= 0.3 is 0 Å². The fourth-order valence-electron chi connectivity index (χ4n) is 0.882. The first-order valence-electron chi connectivity index (χ1n) is 4.41. The topological polar surface area (TPSA) is 41.5 Å². The highest BCUT2D eigenvalue weighted by atomic mass is 32.1. The van der Waals surface area contributed by atoms with Crippen LogP contribution in [-0.2, 0) is 0 Å². The Labute approximate surface area is 92.9 Å². The van der Waals surface area contributed by atoms with Crippen LogP contribution in [-0.4, -0.2) is 11.7 Å². The van der Waals surface area contributed by atoms with E-state index in [1.54, 1.807) is 31.3 Å². The minimum atomic E-state index is -0.127. The van der Waals surface area contributed by atoms with Crippen LogP contribution in [0, 0.1) is 0 Å². The van der Waals surface area contributed by atoms with Gasteiger partial charge in [-0.2, -0.15) is 0 Å². The minimum Gasteiger partial charge on any atom is -0.310 e. The normalized spacial score (nSPS) is 11.7. The van der Waals surface area contributed by atoms with Crippen LogP contribution in [0.15, 0.2) is 47.4 Å². The van der Waals surface area contributed by atoms with Crippen LogP contribution in [0.3, 0.4) is 0 Å². The van der Waals surface area contributed by atoms with Crippen LogP contribution in [0.2, 0.25) is 0 Å². The smallest absolute Gasteiger partial charge is 0.266 e. The molecule has 1 rings (SSSR count). The summed E-state index contributed by atoms with van der Waals surface area (Å²) in [6.45, 7) is 5.25. The maximum atomic E-state index is 11.5. The zero-order chi connectivity index (χ0) is 11.1. The molecule has 0 saturated heterocycles. The lowest BCUT2D eigenvalue weighted by Gasteiger charge is -2.00. The Hall–Kier alpha value is -1.68. The van der Waals surface area contributed by atoms with E-state index in [1.807, 2.05) is 11.4 Å². The van der Waals surface area contributed by atoms with Crippen molar-refractivity contribution in [1.29, 1.82) is 0 Å². The summed E-state index contributed by atoms with van der Waals surface area (Å²) < 4.78 is 0. The molecule has 0 unspecified atom stereocenters. The van der Waals surface area contributed by atoms with Gasteiger partial charge in [-0.1, -0.05) is 18.7 Å². The quantitative estimate of drug-likeness (QED) is 0.475. The Morgan fingerprint density at radius 3 is 3.07 bits per heavy atom. The van der Waals surface area contributed by atoms with Crippen LogP contribution in [0.5, 0.6) is 0 Å². The summed E-state index contributed by atoms with van der Waals surface area (Å²) in [6.07, 6.45) is 4.90. The average molecular weight is 220 g/mol. The van der Waals surface area contributed by atoms with Gasteiger partial charge in [-0.05, 0) is 24.4 Å². The SMILES string of the molecule is C=C/C=C\N=C(C)NC(=O)c1cccs1. The first-order valence-corrected chi connectivity index (χ1v) is 5.29. The molecule has 0 atom stereocenters. The van der Waals surface area contributed by atoms with Gasteiger partial charge in [-0.15, -0.1) is 11.3 Å². The van der Waals surface area contributed by atoms with Crippen molar-refractivity contribution in [3.63, 3.8) is 0 Å². The van der Waals surface area contributed by atoms with Gasteiger partial charge in [-0.3, -0.25) is 4.79 Å². The van der Waals surface area contributed by atoms with Gasteiger partial charge in [-0.25, -0.2) is 4.99 Å². The van der Waals surface area contributed by atoms with Gasteiger partial charge in [0.25, 0.3) is 5.91 Å². The Kier molecular flexibility index (Phi) is 4.50. The Balaban J connectivity index is 2.55. The van der Waals surface area contributed by atoms with Crippen molar-refractivity contribution < 1.29 is 4.79 Å². The third-order valence-electron chi connectivity index (χ3n) is 1.53. The Bertz CT molecular complexity index is 391. The van der Waals surface area contributed by atoms with E-state index in [0.717, 1.165) is 0 Å². The van der Waals surface area contributed by atoms with Gasteiger partial charge < -0.3 is 5.32 Å². The van der Waals surface area contributed by atoms with Gasteiger partial charge in [0.2, 0.25) is 0 Å². The number of thiophene rings is 1. The summed E-state index contributed by atoms with van der Waals surface area (Å²) in [5, 5.41) is 4.54. The van der Waals surface area contributed by atoms with Gasteiger partial charge in [0.1, 0.15) is 5.84 Å². The highest BCUT2D eigenvalue weighted by molar-refractivity contribution is 7.12. The first-order chi connectivity index (χ1) is 7.24. The lowest BCUT2D eigenvalue weighted by molar-refractivity contribution is 0.0981. The summed E-state index contributed by atoms with van der Waals surface area (Å²) in [5.74, 6) is 0.435. The average Bonchev–Trinajstić information content (AvgIpc) is 2.70. The molecule has 3 nitrogen and oxygen atoms in total. The molecule has 0 saturated carbocycles. The number of nitrogens with zero attached hydrogens (tertiary/aromatic N) is 1. The largest absolute Gasteiger partial charge is 0.310 e. The van der Waals surface area contributed by atoms with E-state index in [9.17, 15) is 4.79 Å². The monoisotopic (exact) mass is 220 g/mol. The number of nitrogens with one attached hydrogen (secondary N) is 1. The van der Waals surface area contributed by atoms with Crippen LogP contribution in [0.1, 0.15) is 16.6 Å². The lowest BCUT2D eigenvalue weighted by Crippen LogP contribution is -2.27. The number of rotatable bonds is 3. The van der Waals surface area contributed by atoms with E-state index in [-0.39, 0.29) is 5.91 Å². The summed E-state index contributed by atoms with van der Waals surface area (Å²) >= 11 is 1.40. The molecular formula is C11H12N2OS. The van der Waals surface area contributed by atoms with E-state index < -0.39 is 0 Å². The van der Waals surface area contributed by atoms with E-state index in [2.05, 4.69) is 16.9 Å². The van der Waals surface area contributed by atoms with Crippen LogP contribution >= 0.6 is 11.3 Å². The zero-order valence-electron chi connectivity index (χ0n) is 8.43. The van der Waals surface area contributed by atoms with E-state index in [0.29, 0.717) is 10.7 Å². The fourth-order valence-corrected chi connectivity index (χ4v) is 1.50. The summed E-state index contributed by atoms with van der Waals surface area (Å²) in [5.41, 5.74) is 0. The molecule has 1 aromatic rings. The second-order valence-electron chi connectivity index (χ2n) is 2.72. The first kappa shape index (κ1) is 11.4. The van der Waals surface area contributed by atoms with Crippen molar-refractivity contribution in [2.75, 3.05) is 0 Å². The molecule has 0 aromatic carbocycles. The third-order valence-corrected chi connectivity index (χ3v) is 2.40. The Morgan fingerprint density at radius 2 is 2.47 bits per heavy atom. The molecule has 0 aliphatic heterocycles. The predicted molar refractivity (Wildman–Crippen MR) is 64.2 cm³/mol. The highest BCUT2D eigenvalue weighted by Gasteiger charge is 2.05. The Morgan fingerprint density at radius 1 is 1.67 bits per heavy atom. The molecule has 0 bridgehead atoms. The van der Waals surface area contributed by atoms with Gasteiger partial charge in [0.15, 0.2) is 0 Å². The van der Waals surface area contributed by atoms with Crippen LogP contribution in [0.4, 0.5) is 0 Å². The van der Waals surface area contributed by atoms with Crippen molar-refractivity contribution in [2.24, 2.45) is 4.99 Å². The molecule has 78 valence electrons. The number of amidine groups is 1. The van der Waals surface area contributed by atoms with Crippen molar-refractivity contribution >= 4 is 23.1 Å². The van der Waals surface area contributed by atoms with E-state index >= 15 is 0 Å². The lowest BCUT2D eigenvalue weighted by atomic mass is 10.4. The number of hydrogen-bond acceptors (Lipinski definition) is 3. The summed E-state index contributed by atoms with van der Waals surface area (Å²) in [6, 6.07) is 3.61.